The van der Waals surface area contributed by atoms with Crippen LogP contribution >= 0.6 is 0 Å². The number of carbonyl (C=O) groups excluding carboxylic acids is 1. The van der Waals surface area contributed by atoms with Crippen molar-refractivity contribution in [1.82, 2.24) is 4.98 Å². The van der Waals surface area contributed by atoms with Crippen LogP contribution in [0.2, 0.25) is 0 Å². The summed E-state index contributed by atoms with van der Waals surface area (Å²) in [6.45, 7) is 9.38. The van der Waals surface area contributed by atoms with E-state index in [1.165, 1.54) is 0 Å². The van der Waals surface area contributed by atoms with Crippen molar-refractivity contribution in [3.05, 3.63) is 17.8 Å². The molecule has 1 heterocycles. The van der Waals surface area contributed by atoms with Crippen LogP contribution in [0.25, 0.3) is 0 Å². The van der Waals surface area contributed by atoms with Crippen LogP contribution in [0.3, 0.4) is 0 Å². The Labute approximate surface area is 151 Å². The SMILES string of the molecule is CCCCCC(C)(OC)C(=O)Nc1ccc(OCCOCC)nc1C. The van der Waals surface area contributed by atoms with Crippen LogP contribution in [0.15, 0.2) is 12.1 Å². The monoisotopic (exact) mass is 352 g/mol. The molecule has 1 amide bonds. The van der Waals surface area contributed by atoms with Crippen LogP contribution in [0, 0.1) is 6.92 Å². The number of aromatic nitrogens is 1. The number of aryl methyl sites for hydroxylation is 1. The Bertz CT molecular complexity index is 536. The van der Waals surface area contributed by atoms with Gasteiger partial charge >= 0.3 is 0 Å². The van der Waals surface area contributed by atoms with Crippen LogP contribution in [0.4, 0.5) is 5.69 Å². The Morgan fingerprint density at radius 3 is 2.60 bits per heavy atom. The van der Waals surface area contributed by atoms with Crippen LogP contribution in [-0.4, -0.2) is 43.4 Å². The minimum absolute atomic E-state index is 0.152. The maximum absolute atomic E-state index is 12.6. The van der Waals surface area contributed by atoms with E-state index in [-0.39, 0.29) is 5.91 Å². The van der Waals surface area contributed by atoms with E-state index in [4.69, 9.17) is 14.2 Å². The van der Waals surface area contributed by atoms with Crippen LogP contribution in [0.1, 0.15) is 52.1 Å². The molecule has 1 unspecified atom stereocenters. The summed E-state index contributed by atoms with van der Waals surface area (Å²) < 4.78 is 16.2. The van der Waals surface area contributed by atoms with E-state index in [9.17, 15) is 4.79 Å². The molecule has 1 aromatic rings. The van der Waals surface area contributed by atoms with E-state index in [0.29, 0.717) is 43.5 Å². The summed E-state index contributed by atoms with van der Waals surface area (Å²) in [5.74, 6) is 0.369. The number of hydrogen-bond donors (Lipinski definition) is 1. The third-order valence-corrected chi connectivity index (χ3v) is 4.18. The molecule has 6 nitrogen and oxygen atoms in total. The third-order valence-electron chi connectivity index (χ3n) is 4.18. The molecular formula is C19H32N2O4. The average Bonchev–Trinajstić information content (AvgIpc) is 2.60. The van der Waals surface area contributed by atoms with E-state index in [1.807, 2.05) is 20.8 Å². The number of unbranched alkanes of at least 4 members (excludes halogenated alkanes) is 2. The normalized spacial score (nSPS) is 13.3. The Morgan fingerprint density at radius 2 is 2.00 bits per heavy atom. The maximum atomic E-state index is 12.6. The van der Waals surface area contributed by atoms with E-state index < -0.39 is 5.60 Å². The van der Waals surface area contributed by atoms with Crippen molar-refractivity contribution in [3.63, 3.8) is 0 Å². The Kier molecular flexibility index (Phi) is 9.45. The van der Waals surface area contributed by atoms with Gasteiger partial charge in [0.2, 0.25) is 5.88 Å². The zero-order valence-electron chi connectivity index (χ0n) is 16.2. The van der Waals surface area contributed by atoms with Gasteiger partial charge in [-0.3, -0.25) is 4.79 Å². The molecule has 1 N–H and O–H groups in total. The fourth-order valence-electron chi connectivity index (χ4n) is 2.38. The lowest BCUT2D eigenvalue weighted by Gasteiger charge is -2.27. The summed E-state index contributed by atoms with van der Waals surface area (Å²) in [6.07, 6.45) is 3.84. The molecule has 1 aromatic heterocycles. The first-order valence-corrected chi connectivity index (χ1v) is 9.01. The first-order valence-electron chi connectivity index (χ1n) is 9.01. The van der Waals surface area contributed by atoms with Gasteiger partial charge in [0.15, 0.2) is 0 Å². The quantitative estimate of drug-likeness (QED) is 0.581. The molecule has 6 heteroatoms. The Morgan fingerprint density at radius 1 is 1.24 bits per heavy atom. The van der Waals surface area contributed by atoms with Gasteiger partial charge in [-0.05, 0) is 33.3 Å². The largest absolute Gasteiger partial charge is 0.475 e. The standard InChI is InChI=1S/C19H32N2O4/c1-6-8-9-12-19(4,23-5)18(22)21-16-10-11-17(20-15(16)3)25-14-13-24-7-2/h10-11H,6-9,12-14H2,1-5H3,(H,21,22). The Balaban J connectivity index is 2.66. The number of ether oxygens (including phenoxy) is 3. The van der Waals surface area contributed by atoms with Crippen molar-refractivity contribution in [2.24, 2.45) is 0 Å². The number of pyridine rings is 1. The van der Waals surface area contributed by atoms with Gasteiger partial charge < -0.3 is 19.5 Å². The molecule has 1 rings (SSSR count). The lowest BCUT2D eigenvalue weighted by molar-refractivity contribution is -0.136. The minimum Gasteiger partial charge on any atom is -0.475 e. The van der Waals surface area contributed by atoms with Gasteiger partial charge in [0.1, 0.15) is 12.2 Å². The number of nitrogens with one attached hydrogen (secondary N) is 1. The highest BCUT2D eigenvalue weighted by atomic mass is 16.5. The van der Waals surface area contributed by atoms with E-state index in [2.05, 4.69) is 17.2 Å². The van der Waals surface area contributed by atoms with Gasteiger partial charge in [-0.25, -0.2) is 4.98 Å². The molecule has 0 aromatic carbocycles. The van der Waals surface area contributed by atoms with Crippen molar-refractivity contribution >= 4 is 11.6 Å². The van der Waals surface area contributed by atoms with Gasteiger partial charge in [-0.2, -0.15) is 0 Å². The highest BCUT2D eigenvalue weighted by Gasteiger charge is 2.32. The van der Waals surface area contributed by atoms with Gasteiger partial charge in [-0.15, -0.1) is 0 Å². The molecule has 0 saturated carbocycles. The summed E-state index contributed by atoms with van der Waals surface area (Å²) in [6, 6.07) is 3.55. The molecule has 0 radical (unpaired) electrons. The molecular weight excluding hydrogens is 320 g/mol. The first-order chi connectivity index (χ1) is 12.0. The molecule has 0 aliphatic rings. The molecule has 0 spiro atoms. The second kappa shape index (κ2) is 11.1. The highest BCUT2D eigenvalue weighted by molar-refractivity contribution is 5.97. The maximum Gasteiger partial charge on any atom is 0.256 e. The number of nitrogens with zero attached hydrogens (tertiary/aromatic N) is 1. The number of hydrogen-bond acceptors (Lipinski definition) is 5. The number of methoxy groups -OCH3 is 1. The molecule has 0 aliphatic carbocycles. The topological polar surface area (TPSA) is 69.7 Å². The van der Waals surface area contributed by atoms with Crippen LogP contribution in [-0.2, 0) is 14.3 Å². The Hall–Kier alpha value is -1.66. The second-order valence-corrected chi connectivity index (χ2v) is 6.17. The van der Waals surface area contributed by atoms with Gasteiger partial charge in [-0.1, -0.05) is 26.2 Å². The predicted octanol–water partition coefficient (Wildman–Crippen LogP) is 3.73. The number of carbonyl (C=O) groups is 1. The predicted molar refractivity (Wildman–Crippen MR) is 99.1 cm³/mol. The fourth-order valence-corrected chi connectivity index (χ4v) is 2.38. The third kappa shape index (κ3) is 7.00. The summed E-state index contributed by atoms with van der Waals surface area (Å²) in [5, 5.41) is 2.93. The molecule has 0 fully saturated rings. The molecule has 0 aliphatic heterocycles. The number of rotatable bonds is 12. The van der Waals surface area contributed by atoms with Crippen molar-refractivity contribution in [2.45, 2.75) is 59.0 Å². The molecule has 0 saturated heterocycles. The van der Waals surface area contributed by atoms with Crippen LogP contribution in [0.5, 0.6) is 5.88 Å². The number of amides is 1. The minimum atomic E-state index is -0.839. The van der Waals surface area contributed by atoms with E-state index in [1.54, 1.807) is 19.2 Å². The van der Waals surface area contributed by atoms with Crippen molar-refractivity contribution in [3.8, 4) is 5.88 Å². The van der Waals surface area contributed by atoms with Crippen LogP contribution < -0.4 is 10.1 Å². The number of anilines is 1. The van der Waals surface area contributed by atoms with Gasteiger partial charge in [0.25, 0.3) is 5.91 Å². The zero-order valence-corrected chi connectivity index (χ0v) is 16.2. The first kappa shape index (κ1) is 21.4. The molecule has 0 bridgehead atoms. The molecule has 142 valence electrons. The lowest BCUT2D eigenvalue weighted by Crippen LogP contribution is -2.42. The van der Waals surface area contributed by atoms with Crippen molar-refractivity contribution in [1.29, 1.82) is 0 Å². The van der Waals surface area contributed by atoms with E-state index in [0.717, 1.165) is 19.3 Å². The second-order valence-electron chi connectivity index (χ2n) is 6.17. The molecule has 25 heavy (non-hydrogen) atoms. The molecule has 1 atom stereocenters. The average molecular weight is 352 g/mol. The van der Waals surface area contributed by atoms with Crippen molar-refractivity contribution < 1.29 is 19.0 Å². The van der Waals surface area contributed by atoms with Gasteiger partial charge in [0, 0.05) is 19.8 Å². The highest BCUT2D eigenvalue weighted by Crippen LogP contribution is 2.23. The smallest absolute Gasteiger partial charge is 0.256 e. The summed E-state index contributed by atoms with van der Waals surface area (Å²) in [4.78, 5) is 17.0. The lowest BCUT2D eigenvalue weighted by atomic mass is 9.97. The van der Waals surface area contributed by atoms with Gasteiger partial charge in [0.05, 0.1) is 18.0 Å². The fraction of sp³-hybridized carbons (Fsp3) is 0.684. The zero-order chi connectivity index (χ0) is 18.7. The van der Waals surface area contributed by atoms with E-state index >= 15 is 0 Å². The summed E-state index contributed by atoms with van der Waals surface area (Å²) in [5.41, 5.74) is 0.532. The summed E-state index contributed by atoms with van der Waals surface area (Å²) in [7, 11) is 1.58. The summed E-state index contributed by atoms with van der Waals surface area (Å²) >= 11 is 0. The van der Waals surface area contributed by atoms with Crippen molar-refractivity contribution in [2.75, 3.05) is 32.2 Å².